The molecular formula is C10H9N3O. The molecule has 0 aliphatic rings. The second kappa shape index (κ2) is 2.67. The summed E-state index contributed by atoms with van der Waals surface area (Å²) in [4.78, 5) is 0. The lowest BCUT2D eigenvalue weighted by atomic mass is 10.2. The van der Waals surface area contributed by atoms with Gasteiger partial charge in [0.2, 0.25) is 0 Å². The molecule has 1 aromatic heterocycles. The number of hydrogen-bond acceptors (Lipinski definition) is 3. The molecule has 4 heteroatoms. The first kappa shape index (κ1) is 8.45. The molecule has 14 heavy (non-hydrogen) atoms. The molecule has 0 unspecified atom stereocenters. The third kappa shape index (κ3) is 0.866. The SMILES string of the molecule is Cn1c(C#N)c(N)c2cccc(O)c21. The Kier molecular flexibility index (Phi) is 1.61. The van der Waals surface area contributed by atoms with Crippen LogP contribution in [0, 0.1) is 11.3 Å². The van der Waals surface area contributed by atoms with Gasteiger partial charge in [-0.25, -0.2) is 0 Å². The summed E-state index contributed by atoms with van der Waals surface area (Å²) in [7, 11) is 1.71. The van der Waals surface area contributed by atoms with Gasteiger partial charge in [0.1, 0.15) is 17.5 Å². The second-order valence-electron chi connectivity index (χ2n) is 3.11. The second-order valence-corrected chi connectivity index (χ2v) is 3.11. The van der Waals surface area contributed by atoms with Gasteiger partial charge in [0.25, 0.3) is 0 Å². The van der Waals surface area contributed by atoms with Gasteiger partial charge in [-0.15, -0.1) is 0 Å². The van der Waals surface area contributed by atoms with Gasteiger partial charge < -0.3 is 15.4 Å². The van der Waals surface area contributed by atoms with Crippen molar-refractivity contribution in [1.82, 2.24) is 4.57 Å². The first-order valence-corrected chi connectivity index (χ1v) is 4.12. The Morgan fingerprint density at radius 2 is 2.21 bits per heavy atom. The first-order chi connectivity index (χ1) is 6.66. The number of benzene rings is 1. The predicted octanol–water partition coefficient (Wildman–Crippen LogP) is 1.34. The van der Waals surface area contributed by atoms with Gasteiger partial charge in [0, 0.05) is 12.4 Å². The number of aryl methyl sites for hydroxylation is 1. The van der Waals surface area contributed by atoms with Crippen molar-refractivity contribution < 1.29 is 5.11 Å². The van der Waals surface area contributed by atoms with Crippen LogP contribution >= 0.6 is 0 Å². The molecule has 0 spiro atoms. The molecule has 0 aliphatic carbocycles. The number of fused-ring (bicyclic) bond motifs is 1. The summed E-state index contributed by atoms with van der Waals surface area (Å²) in [5.41, 5.74) is 7.16. The highest BCUT2D eigenvalue weighted by Gasteiger charge is 2.14. The number of anilines is 1. The summed E-state index contributed by atoms with van der Waals surface area (Å²) in [6.07, 6.45) is 0. The van der Waals surface area contributed by atoms with Crippen LogP contribution in [0.15, 0.2) is 18.2 Å². The zero-order valence-electron chi connectivity index (χ0n) is 7.65. The number of hydrogen-bond donors (Lipinski definition) is 2. The number of nitrogen functional groups attached to an aromatic ring is 1. The molecule has 2 aromatic rings. The minimum absolute atomic E-state index is 0.137. The van der Waals surface area contributed by atoms with Crippen molar-refractivity contribution in [2.75, 3.05) is 5.73 Å². The molecule has 4 nitrogen and oxygen atoms in total. The van der Waals surface area contributed by atoms with E-state index in [1.807, 2.05) is 6.07 Å². The summed E-state index contributed by atoms with van der Waals surface area (Å²) >= 11 is 0. The van der Waals surface area contributed by atoms with Crippen molar-refractivity contribution >= 4 is 16.6 Å². The lowest BCUT2D eigenvalue weighted by Gasteiger charge is -1.98. The van der Waals surface area contributed by atoms with Gasteiger partial charge in [-0.05, 0) is 6.07 Å². The number of aromatic nitrogens is 1. The van der Waals surface area contributed by atoms with Gasteiger partial charge >= 0.3 is 0 Å². The van der Waals surface area contributed by atoms with E-state index in [-0.39, 0.29) is 5.75 Å². The Morgan fingerprint density at radius 1 is 1.50 bits per heavy atom. The maximum Gasteiger partial charge on any atom is 0.144 e. The molecule has 0 aliphatic heterocycles. The van der Waals surface area contributed by atoms with E-state index >= 15 is 0 Å². The average molecular weight is 187 g/mol. The largest absolute Gasteiger partial charge is 0.506 e. The molecule has 0 fully saturated rings. The Balaban J connectivity index is 3.04. The Bertz CT molecular complexity index is 548. The Hall–Kier alpha value is -2.15. The zero-order valence-corrected chi connectivity index (χ0v) is 7.65. The van der Waals surface area contributed by atoms with E-state index in [2.05, 4.69) is 0 Å². The summed E-state index contributed by atoms with van der Waals surface area (Å²) in [6, 6.07) is 7.07. The van der Waals surface area contributed by atoms with Gasteiger partial charge in [0.15, 0.2) is 0 Å². The van der Waals surface area contributed by atoms with Crippen LogP contribution in [0.1, 0.15) is 5.69 Å². The minimum Gasteiger partial charge on any atom is -0.506 e. The van der Waals surface area contributed by atoms with Crippen LogP contribution in [0.4, 0.5) is 5.69 Å². The molecule has 2 rings (SSSR count). The zero-order chi connectivity index (χ0) is 10.3. The maximum absolute atomic E-state index is 9.60. The van der Waals surface area contributed by atoms with Crippen LogP contribution in [-0.2, 0) is 7.05 Å². The van der Waals surface area contributed by atoms with Gasteiger partial charge in [-0.3, -0.25) is 0 Å². The summed E-state index contributed by atoms with van der Waals surface area (Å²) in [6.45, 7) is 0. The monoisotopic (exact) mass is 187 g/mol. The van der Waals surface area contributed by atoms with Gasteiger partial charge in [-0.2, -0.15) is 5.26 Å². The van der Waals surface area contributed by atoms with Crippen molar-refractivity contribution in [3.8, 4) is 11.8 Å². The fraction of sp³-hybridized carbons (Fsp3) is 0.100. The highest BCUT2D eigenvalue weighted by molar-refractivity contribution is 5.98. The standard InChI is InChI=1S/C10H9N3O/c1-13-7(5-11)9(12)6-3-2-4-8(14)10(6)13/h2-4,14H,12H2,1H3. The third-order valence-electron chi connectivity index (χ3n) is 2.34. The Labute approximate surface area is 80.8 Å². The average Bonchev–Trinajstić information content (AvgIpc) is 2.41. The molecule has 3 N–H and O–H groups in total. The Morgan fingerprint density at radius 3 is 2.79 bits per heavy atom. The lowest BCUT2D eigenvalue weighted by molar-refractivity contribution is 0.479. The normalized spacial score (nSPS) is 10.3. The van der Waals surface area contributed by atoms with E-state index in [4.69, 9.17) is 11.0 Å². The van der Waals surface area contributed by atoms with Crippen LogP contribution in [0.2, 0.25) is 0 Å². The number of para-hydroxylation sites is 1. The predicted molar refractivity (Wildman–Crippen MR) is 53.7 cm³/mol. The van der Waals surface area contributed by atoms with E-state index in [0.717, 1.165) is 0 Å². The van der Waals surface area contributed by atoms with E-state index in [0.29, 0.717) is 22.3 Å². The molecule has 0 saturated heterocycles. The number of phenols is 1. The first-order valence-electron chi connectivity index (χ1n) is 4.12. The van der Waals surface area contributed by atoms with Crippen LogP contribution in [0.25, 0.3) is 10.9 Å². The highest BCUT2D eigenvalue weighted by atomic mass is 16.3. The quantitative estimate of drug-likeness (QED) is 0.653. The molecule has 0 radical (unpaired) electrons. The molecule has 0 saturated carbocycles. The third-order valence-corrected chi connectivity index (χ3v) is 2.34. The number of rotatable bonds is 0. The van der Waals surface area contributed by atoms with Crippen molar-refractivity contribution in [3.63, 3.8) is 0 Å². The molecule has 0 amide bonds. The fourth-order valence-corrected chi connectivity index (χ4v) is 1.66. The number of aromatic hydroxyl groups is 1. The smallest absolute Gasteiger partial charge is 0.144 e. The summed E-state index contributed by atoms with van der Waals surface area (Å²) in [5.74, 6) is 0.137. The number of nitrogens with zero attached hydrogens (tertiary/aromatic N) is 2. The van der Waals surface area contributed by atoms with Crippen LogP contribution < -0.4 is 5.73 Å². The van der Waals surface area contributed by atoms with Crippen molar-refractivity contribution in [2.45, 2.75) is 0 Å². The van der Waals surface area contributed by atoms with Crippen LogP contribution in [-0.4, -0.2) is 9.67 Å². The van der Waals surface area contributed by atoms with E-state index in [9.17, 15) is 5.11 Å². The van der Waals surface area contributed by atoms with Crippen molar-refractivity contribution in [2.24, 2.45) is 7.05 Å². The van der Waals surface area contributed by atoms with Crippen LogP contribution in [0.5, 0.6) is 5.75 Å². The van der Waals surface area contributed by atoms with E-state index in [1.165, 1.54) is 0 Å². The fourth-order valence-electron chi connectivity index (χ4n) is 1.66. The topological polar surface area (TPSA) is 75.0 Å². The molecule has 70 valence electrons. The lowest BCUT2D eigenvalue weighted by Crippen LogP contribution is -1.93. The maximum atomic E-state index is 9.60. The van der Waals surface area contributed by atoms with Crippen molar-refractivity contribution in [3.05, 3.63) is 23.9 Å². The molecule has 0 bridgehead atoms. The molecule has 1 heterocycles. The number of phenolic OH excluding ortho intramolecular Hbond substituents is 1. The summed E-state index contributed by atoms with van der Waals surface area (Å²) in [5, 5.41) is 19.2. The van der Waals surface area contributed by atoms with Crippen molar-refractivity contribution in [1.29, 1.82) is 5.26 Å². The number of nitrogens with two attached hydrogens (primary N) is 1. The summed E-state index contributed by atoms with van der Waals surface area (Å²) < 4.78 is 1.60. The highest BCUT2D eigenvalue weighted by Crippen LogP contribution is 2.32. The van der Waals surface area contributed by atoms with E-state index in [1.54, 1.807) is 29.8 Å². The van der Waals surface area contributed by atoms with E-state index < -0.39 is 0 Å². The molecule has 0 atom stereocenters. The molecular weight excluding hydrogens is 178 g/mol. The van der Waals surface area contributed by atoms with Gasteiger partial charge in [0.05, 0.1) is 11.2 Å². The number of nitriles is 1. The molecule has 1 aromatic carbocycles. The minimum atomic E-state index is 0.137. The van der Waals surface area contributed by atoms with Gasteiger partial charge in [-0.1, -0.05) is 12.1 Å². The van der Waals surface area contributed by atoms with Crippen LogP contribution in [0.3, 0.4) is 0 Å².